The van der Waals surface area contributed by atoms with Gasteiger partial charge in [-0.05, 0) is 18.2 Å². The molecule has 3 N–H and O–H groups in total. The second-order valence-corrected chi connectivity index (χ2v) is 6.77. The number of amides is 3. The highest BCUT2D eigenvalue weighted by atomic mass is 16.6. The number of esters is 1. The van der Waals surface area contributed by atoms with Crippen molar-refractivity contribution >= 4 is 35.0 Å². The SMILES string of the molecule is Nc1ccc([N+](=O)[O-])cc1C(=O)OCC(=O)N1CCN(C(=O)Nc2ccccc2)CC1. The van der Waals surface area contributed by atoms with Crippen molar-refractivity contribution in [3.05, 3.63) is 64.2 Å². The van der Waals surface area contributed by atoms with Crippen LogP contribution in [-0.2, 0) is 9.53 Å². The molecule has 1 fully saturated rings. The van der Waals surface area contributed by atoms with E-state index in [0.29, 0.717) is 18.8 Å². The smallest absolute Gasteiger partial charge is 0.341 e. The van der Waals surface area contributed by atoms with E-state index in [1.165, 1.54) is 17.0 Å². The maximum Gasteiger partial charge on any atom is 0.341 e. The number of hydrogen-bond acceptors (Lipinski definition) is 7. The Labute approximate surface area is 177 Å². The van der Waals surface area contributed by atoms with Crippen LogP contribution in [-0.4, -0.2) is 65.4 Å². The first-order valence-electron chi connectivity index (χ1n) is 9.45. The molecule has 2 aromatic rings. The molecule has 1 heterocycles. The third kappa shape index (κ3) is 5.47. The largest absolute Gasteiger partial charge is 0.452 e. The van der Waals surface area contributed by atoms with E-state index in [1.807, 2.05) is 18.2 Å². The lowest BCUT2D eigenvalue weighted by molar-refractivity contribution is -0.384. The number of benzene rings is 2. The summed E-state index contributed by atoms with van der Waals surface area (Å²) in [6.07, 6.45) is 0. The molecular weight excluding hydrogens is 406 g/mol. The predicted octanol–water partition coefficient (Wildman–Crippen LogP) is 1.71. The lowest BCUT2D eigenvalue weighted by Crippen LogP contribution is -2.52. The Hall–Kier alpha value is -4.15. The van der Waals surface area contributed by atoms with Gasteiger partial charge in [-0.2, -0.15) is 0 Å². The third-order valence-corrected chi connectivity index (χ3v) is 4.74. The fraction of sp³-hybridized carbons (Fsp3) is 0.250. The zero-order chi connectivity index (χ0) is 22.4. The molecule has 1 saturated heterocycles. The lowest BCUT2D eigenvalue weighted by Gasteiger charge is -2.34. The molecule has 3 amide bonds. The maximum absolute atomic E-state index is 12.4. The monoisotopic (exact) mass is 427 g/mol. The molecule has 162 valence electrons. The van der Waals surface area contributed by atoms with Gasteiger partial charge in [-0.25, -0.2) is 9.59 Å². The number of nitrogens with one attached hydrogen (secondary N) is 1. The molecule has 11 heteroatoms. The number of nitrogens with zero attached hydrogens (tertiary/aromatic N) is 3. The lowest BCUT2D eigenvalue weighted by atomic mass is 10.1. The van der Waals surface area contributed by atoms with Crippen LogP contribution in [0.3, 0.4) is 0 Å². The van der Waals surface area contributed by atoms with Crippen LogP contribution >= 0.6 is 0 Å². The Morgan fingerprint density at radius 3 is 2.32 bits per heavy atom. The number of carbonyl (C=O) groups is 3. The minimum Gasteiger partial charge on any atom is -0.452 e. The van der Waals surface area contributed by atoms with Crippen molar-refractivity contribution in [2.45, 2.75) is 0 Å². The van der Waals surface area contributed by atoms with Crippen molar-refractivity contribution in [1.82, 2.24) is 9.80 Å². The number of anilines is 2. The summed E-state index contributed by atoms with van der Waals surface area (Å²) >= 11 is 0. The number of rotatable bonds is 5. The molecule has 0 saturated carbocycles. The average molecular weight is 427 g/mol. The van der Waals surface area contributed by atoms with Gasteiger partial charge in [0.1, 0.15) is 0 Å². The molecule has 0 unspecified atom stereocenters. The minimum absolute atomic E-state index is 0.0149. The van der Waals surface area contributed by atoms with E-state index in [4.69, 9.17) is 10.5 Å². The fourth-order valence-corrected chi connectivity index (χ4v) is 3.01. The van der Waals surface area contributed by atoms with Gasteiger partial charge < -0.3 is 25.6 Å². The Bertz CT molecular complexity index is 989. The number of nitrogens with two attached hydrogens (primary N) is 1. The summed E-state index contributed by atoms with van der Waals surface area (Å²) < 4.78 is 4.99. The molecule has 0 spiro atoms. The summed E-state index contributed by atoms with van der Waals surface area (Å²) in [4.78, 5) is 50.1. The number of urea groups is 1. The standard InChI is InChI=1S/C20H21N5O6/c21-17-7-6-15(25(29)30)12-16(17)19(27)31-13-18(26)23-8-10-24(11-9-23)20(28)22-14-4-2-1-3-5-14/h1-7,12H,8-11,13,21H2,(H,22,28). The van der Waals surface area contributed by atoms with Crippen molar-refractivity contribution in [3.63, 3.8) is 0 Å². The Balaban J connectivity index is 1.48. The second-order valence-electron chi connectivity index (χ2n) is 6.77. The number of ether oxygens (including phenoxy) is 1. The highest BCUT2D eigenvalue weighted by Gasteiger charge is 2.25. The van der Waals surface area contributed by atoms with Crippen LogP contribution in [0, 0.1) is 10.1 Å². The Morgan fingerprint density at radius 1 is 1.03 bits per heavy atom. The molecule has 1 aliphatic heterocycles. The van der Waals surface area contributed by atoms with Crippen molar-refractivity contribution in [1.29, 1.82) is 0 Å². The molecule has 1 aliphatic rings. The highest BCUT2D eigenvalue weighted by molar-refractivity contribution is 5.97. The molecule has 11 nitrogen and oxygen atoms in total. The van der Waals surface area contributed by atoms with Gasteiger partial charge in [-0.1, -0.05) is 18.2 Å². The van der Waals surface area contributed by atoms with E-state index in [9.17, 15) is 24.5 Å². The number of nitro benzene ring substituents is 1. The normalized spacial score (nSPS) is 13.4. The summed E-state index contributed by atoms with van der Waals surface area (Å²) in [6, 6.07) is 12.2. The number of para-hydroxylation sites is 1. The van der Waals surface area contributed by atoms with E-state index >= 15 is 0 Å². The first-order valence-corrected chi connectivity index (χ1v) is 9.45. The van der Waals surface area contributed by atoms with Gasteiger partial charge >= 0.3 is 12.0 Å². The van der Waals surface area contributed by atoms with Gasteiger partial charge in [0, 0.05) is 49.7 Å². The number of hydrogen-bond donors (Lipinski definition) is 2. The molecule has 0 aliphatic carbocycles. The van der Waals surface area contributed by atoms with Crippen molar-refractivity contribution in [2.75, 3.05) is 43.8 Å². The van der Waals surface area contributed by atoms with E-state index < -0.39 is 23.4 Å². The van der Waals surface area contributed by atoms with Crippen molar-refractivity contribution in [3.8, 4) is 0 Å². The molecule has 3 rings (SSSR count). The van der Waals surface area contributed by atoms with E-state index in [2.05, 4.69) is 5.32 Å². The summed E-state index contributed by atoms with van der Waals surface area (Å²) in [5.41, 5.74) is 5.89. The van der Waals surface area contributed by atoms with Gasteiger partial charge in [0.05, 0.1) is 10.5 Å². The predicted molar refractivity (Wildman–Crippen MR) is 111 cm³/mol. The third-order valence-electron chi connectivity index (χ3n) is 4.74. The van der Waals surface area contributed by atoms with E-state index in [-0.39, 0.29) is 36.1 Å². The summed E-state index contributed by atoms with van der Waals surface area (Å²) in [5, 5.41) is 13.6. The van der Waals surface area contributed by atoms with Crippen molar-refractivity contribution < 1.29 is 24.0 Å². The van der Waals surface area contributed by atoms with Crippen LogP contribution in [0.1, 0.15) is 10.4 Å². The van der Waals surface area contributed by atoms with Gasteiger partial charge in [0.15, 0.2) is 6.61 Å². The maximum atomic E-state index is 12.4. The van der Waals surface area contributed by atoms with Gasteiger partial charge in [0.25, 0.3) is 11.6 Å². The summed E-state index contributed by atoms with van der Waals surface area (Å²) in [7, 11) is 0. The summed E-state index contributed by atoms with van der Waals surface area (Å²) in [5.74, 6) is -1.35. The quantitative estimate of drug-likeness (QED) is 0.319. The van der Waals surface area contributed by atoms with Crippen LogP contribution in [0.5, 0.6) is 0 Å². The molecule has 0 aromatic heterocycles. The highest BCUT2D eigenvalue weighted by Crippen LogP contribution is 2.20. The fourth-order valence-electron chi connectivity index (χ4n) is 3.01. The second kappa shape index (κ2) is 9.57. The minimum atomic E-state index is -0.921. The first-order chi connectivity index (χ1) is 14.8. The summed E-state index contributed by atoms with van der Waals surface area (Å²) in [6.45, 7) is 0.707. The van der Waals surface area contributed by atoms with Crippen LogP contribution in [0.15, 0.2) is 48.5 Å². The van der Waals surface area contributed by atoms with E-state index in [1.54, 1.807) is 17.0 Å². The first kappa shape index (κ1) is 21.6. The van der Waals surface area contributed by atoms with Gasteiger partial charge in [0.2, 0.25) is 0 Å². The Kier molecular flexibility index (Phi) is 6.65. The molecule has 0 bridgehead atoms. The topological polar surface area (TPSA) is 148 Å². The van der Waals surface area contributed by atoms with Gasteiger partial charge in [-0.3, -0.25) is 14.9 Å². The zero-order valence-electron chi connectivity index (χ0n) is 16.5. The van der Waals surface area contributed by atoms with Crippen LogP contribution in [0.4, 0.5) is 21.9 Å². The van der Waals surface area contributed by atoms with E-state index in [0.717, 1.165) is 6.07 Å². The van der Waals surface area contributed by atoms with Crippen molar-refractivity contribution in [2.24, 2.45) is 0 Å². The number of nitro groups is 1. The Morgan fingerprint density at radius 2 is 1.68 bits per heavy atom. The molecule has 0 radical (unpaired) electrons. The van der Waals surface area contributed by atoms with Gasteiger partial charge in [-0.15, -0.1) is 0 Å². The number of piperazine rings is 1. The van der Waals surface area contributed by atoms with Crippen LogP contribution in [0.25, 0.3) is 0 Å². The van der Waals surface area contributed by atoms with Crippen LogP contribution < -0.4 is 11.1 Å². The van der Waals surface area contributed by atoms with Crippen LogP contribution in [0.2, 0.25) is 0 Å². The molecule has 31 heavy (non-hydrogen) atoms. The number of nitrogen functional groups attached to an aromatic ring is 1. The number of non-ortho nitro benzene ring substituents is 1. The molecule has 0 atom stereocenters. The molecule has 2 aromatic carbocycles. The number of carbonyl (C=O) groups excluding carboxylic acids is 3. The molecular formula is C20H21N5O6. The average Bonchev–Trinajstić information content (AvgIpc) is 2.78. The zero-order valence-corrected chi connectivity index (χ0v) is 16.5.